The second-order valence-electron chi connectivity index (χ2n) is 5.74. The van der Waals surface area contributed by atoms with E-state index in [9.17, 15) is 18.0 Å². The molecule has 7 heteroatoms. The van der Waals surface area contributed by atoms with Gasteiger partial charge < -0.3 is 10.2 Å². The van der Waals surface area contributed by atoms with Crippen LogP contribution in [0, 0.1) is 5.92 Å². The van der Waals surface area contributed by atoms with Gasteiger partial charge >= 0.3 is 6.18 Å². The SMILES string of the molecule is C[C@H]1CNCCN1CC(=O)N1CCCC(C(F)(F)F)C1. The Labute approximate surface area is 117 Å². The number of likely N-dealkylation sites (tertiary alicyclic amines) is 1. The molecule has 4 nitrogen and oxygen atoms in total. The zero-order chi connectivity index (χ0) is 14.8. The molecule has 2 fully saturated rings. The summed E-state index contributed by atoms with van der Waals surface area (Å²) in [6.07, 6.45) is -3.62. The maximum Gasteiger partial charge on any atom is 0.393 e. The fraction of sp³-hybridized carbons (Fsp3) is 0.923. The summed E-state index contributed by atoms with van der Waals surface area (Å²) in [6.45, 7) is 4.93. The van der Waals surface area contributed by atoms with Crippen LogP contribution in [0.25, 0.3) is 0 Å². The van der Waals surface area contributed by atoms with E-state index in [2.05, 4.69) is 5.32 Å². The zero-order valence-electron chi connectivity index (χ0n) is 11.7. The number of halogens is 3. The topological polar surface area (TPSA) is 35.6 Å². The van der Waals surface area contributed by atoms with Crippen molar-refractivity contribution in [2.75, 3.05) is 39.3 Å². The minimum atomic E-state index is -4.19. The second kappa shape index (κ2) is 6.30. The number of nitrogens with zero attached hydrogens (tertiary/aromatic N) is 2. The van der Waals surface area contributed by atoms with Crippen molar-refractivity contribution in [2.45, 2.75) is 32.0 Å². The number of amides is 1. The van der Waals surface area contributed by atoms with E-state index in [0.29, 0.717) is 13.0 Å². The van der Waals surface area contributed by atoms with Crippen LogP contribution in [0.3, 0.4) is 0 Å². The average Bonchev–Trinajstić information content (AvgIpc) is 2.40. The molecule has 2 rings (SSSR count). The summed E-state index contributed by atoms with van der Waals surface area (Å²) in [5.41, 5.74) is 0. The normalized spacial score (nSPS) is 29.5. The van der Waals surface area contributed by atoms with E-state index in [0.717, 1.165) is 19.6 Å². The maximum atomic E-state index is 12.7. The molecule has 1 N–H and O–H groups in total. The molecule has 1 amide bonds. The summed E-state index contributed by atoms with van der Waals surface area (Å²) >= 11 is 0. The van der Waals surface area contributed by atoms with Crippen molar-refractivity contribution in [1.29, 1.82) is 0 Å². The quantitative estimate of drug-likeness (QED) is 0.827. The van der Waals surface area contributed by atoms with E-state index in [1.165, 1.54) is 4.90 Å². The van der Waals surface area contributed by atoms with Gasteiger partial charge in [-0.05, 0) is 19.8 Å². The van der Waals surface area contributed by atoms with Gasteiger partial charge in [0.05, 0.1) is 12.5 Å². The van der Waals surface area contributed by atoms with Crippen molar-refractivity contribution < 1.29 is 18.0 Å². The summed E-state index contributed by atoms with van der Waals surface area (Å²) in [6, 6.07) is 0.246. The number of hydrogen-bond donors (Lipinski definition) is 1. The summed E-state index contributed by atoms with van der Waals surface area (Å²) in [7, 11) is 0. The maximum absolute atomic E-state index is 12.7. The first-order chi connectivity index (χ1) is 9.38. The Morgan fingerprint density at radius 3 is 2.75 bits per heavy atom. The second-order valence-corrected chi connectivity index (χ2v) is 5.74. The predicted molar refractivity (Wildman–Crippen MR) is 69.3 cm³/mol. The van der Waals surface area contributed by atoms with Crippen LogP contribution in [0.5, 0.6) is 0 Å². The van der Waals surface area contributed by atoms with Gasteiger partial charge in [0.15, 0.2) is 0 Å². The summed E-state index contributed by atoms with van der Waals surface area (Å²) in [5.74, 6) is -1.53. The summed E-state index contributed by atoms with van der Waals surface area (Å²) in [4.78, 5) is 15.6. The Bertz CT molecular complexity index is 348. The molecule has 2 atom stereocenters. The van der Waals surface area contributed by atoms with E-state index >= 15 is 0 Å². The molecule has 0 bridgehead atoms. The lowest BCUT2D eigenvalue weighted by Crippen LogP contribution is -2.54. The lowest BCUT2D eigenvalue weighted by Gasteiger charge is -2.37. The first-order valence-corrected chi connectivity index (χ1v) is 7.17. The highest BCUT2D eigenvalue weighted by Gasteiger charge is 2.42. The molecule has 0 radical (unpaired) electrons. The lowest BCUT2D eigenvalue weighted by molar-refractivity contribution is -0.188. The number of hydrogen-bond acceptors (Lipinski definition) is 3. The molecule has 0 spiro atoms. The zero-order valence-corrected chi connectivity index (χ0v) is 11.7. The number of piperazine rings is 1. The number of carbonyl (C=O) groups excluding carboxylic acids is 1. The van der Waals surface area contributed by atoms with Gasteiger partial charge in [-0.2, -0.15) is 13.2 Å². The van der Waals surface area contributed by atoms with Gasteiger partial charge in [-0.3, -0.25) is 9.69 Å². The predicted octanol–water partition coefficient (Wildman–Crippen LogP) is 1.08. The monoisotopic (exact) mass is 293 g/mol. The van der Waals surface area contributed by atoms with Crippen LogP contribution < -0.4 is 5.32 Å². The Morgan fingerprint density at radius 1 is 1.35 bits per heavy atom. The lowest BCUT2D eigenvalue weighted by atomic mass is 9.97. The van der Waals surface area contributed by atoms with Crippen molar-refractivity contribution in [3.63, 3.8) is 0 Å². The number of nitrogens with one attached hydrogen (secondary N) is 1. The number of alkyl halides is 3. The fourth-order valence-corrected chi connectivity index (χ4v) is 2.86. The molecule has 0 saturated carbocycles. The third kappa shape index (κ3) is 3.85. The molecular weight excluding hydrogens is 271 g/mol. The highest BCUT2D eigenvalue weighted by molar-refractivity contribution is 5.78. The van der Waals surface area contributed by atoms with Crippen LogP contribution in [0.2, 0.25) is 0 Å². The van der Waals surface area contributed by atoms with Crippen molar-refractivity contribution >= 4 is 5.91 Å². The van der Waals surface area contributed by atoms with Gasteiger partial charge in [-0.15, -0.1) is 0 Å². The van der Waals surface area contributed by atoms with E-state index in [4.69, 9.17) is 0 Å². The molecule has 2 aliphatic heterocycles. The fourth-order valence-electron chi connectivity index (χ4n) is 2.86. The Morgan fingerprint density at radius 2 is 2.10 bits per heavy atom. The molecule has 0 aliphatic carbocycles. The average molecular weight is 293 g/mol. The minimum absolute atomic E-state index is 0.136. The van der Waals surface area contributed by atoms with E-state index in [1.807, 2.05) is 11.8 Å². The van der Waals surface area contributed by atoms with Gasteiger partial charge in [0.25, 0.3) is 0 Å². The van der Waals surface area contributed by atoms with E-state index < -0.39 is 12.1 Å². The molecule has 1 unspecified atom stereocenters. The minimum Gasteiger partial charge on any atom is -0.341 e. The Balaban J connectivity index is 1.88. The van der Waals surface area contributed by atoms with Crippen molar-refractivity contribution in [3.05, 3.63) is 0 Å². The first kappa shape index (κ1) is 15.6. The molecule has 0 aromatic heterocycles. The molecule has 116 valence electrons. The smallest absolute Gasteiger partial charge is 0.341 e. The Kier molecular flexibility index (Phi) is 4.90. The summed E-state index contributed by atoms with van der Waals surface area (Å²) < 4.78 is 38.2. The van der Waals surface area contributed by atoms with Gasteiger partial charge in [0, 0.05) is 38.8 Å². The number of rotatable bonds is 2. The third-order valence-corrected chi connectivity index (χ3v) is 4.21. The number of carbonyl (C=O) groups is 1. The van der Waals surface area contributed by atoms with Crippen molar-refractivity contribution in [2.24, 2.45) is 5.92 Å². The highest BCUT2D eigenvalue weighted by Crippen LogP contribution is 2.33. The van der Waals surface area contributed by atoms with Crippen LogP contribution in [0.4, 0.5) is 13.2 Å². The number of piperidine rings is 1. The molecule has 0 aromatic carbocycles. The van der Waals surface area contributed by atoms with Crippen LogP contribution in [0.15, 0.2) is 0 Å². The molecule has 2 aliphatic rings. The largest absolute Gasteiger partial charge is 0.393 e. The molecule has 20 heavy (non-hydrogen) atoms. The molecule has 0 aromatic rings. The van der Waals surface area contributed by atoms with Crippen LogP contribution >= 0.6 is 0 Å². The van der Waals surface area contributed by atoms with Gasteiger partial charge in [-0.25, -0.2) is 0 Å². The Hall–Kier alpha value is -0.820. The van der Waals surface area contributed by atoms with Crippen LogP contribution in [0.1, 0.15) is 19.8 Å². The van der Waals surface area contributed by atoms with E-state index in [-0.39, 0.29) is 31.5 Å². The van der Waals surface area contributed by atoms with Crippen molar-refractivity contribution in [1.82, 2.24) is 15.1 Å². The van der Waals surface area contributed by atoms with Gasteiger partial charge in [0.1, 0.15) is 0 Å². The van der Waals surface area contributed by atoms with Gasteiger partial charge in [-0.1, -0.05) is 0 Å². The van der Waals surface area contributed by atoms with Gasteiger partial charge in [0.2, 0.25) is 5.91 Å². The van der Waals surface area contributed by atoms with E-state index in [1.54, 1.807) is 0 Å². The molecule has 2 saturated heterocycles. The standard InChI is InChI=1S/C13H22F3N3O/c1-10-7-17-4-6-18(10)9-12(20)19-5-2-3-11(8-19)13(14,15)16/h10-11,17H,2-9H2,1H3/t10-,11?/m0/s1. The first-order valence-electron chi connectivity index (χ1n) is 7.17. The van der Waals surface area contributed by atoms with Crippen molar-refractivity contribution in [3.8, 4) is 0 Å². The summed E-state index contributed by atoms with van der Waals surface area (Å²) in [5, 5.41) is 3.23. The highest BCUT2D eigenvalue weighted by atomic mass is 19.4. The van der Waals surface area contributed by atoms with Crippen LogP contribution in [-0.4, -0.2) is 67.2 Å². The van der Waals surface area contributed by atoms with Crippen LogP contribution in [-0.2, 0) is 4.79 Å². The molecular formula is C13H22F3N3O. The third-order valence-electron chi connectivity index (χ3n) is 4.21. The molecule has 2 heterocycles.